The molecule has 0 bridgehead atoms. The summed E-state index contributed by atoms with van der Waals surface area (Å²) >= 11 is 0. The number of amides is 3. The SMILES string of the molecule is CNC(=O)c1cc2c(-c3ccc(N4CCN(C(=O)OC(C)(C)C)CC4)cc3)cc([C@H]3CCCN(C(=O)CCn4cccn4)C3)c(F)c2[nH]1. The van der Waals surface area contributed by atoms with Gasteiger partial charge in [0, 0.05) is 88.7 Å². The molecular weight excluding hydrogens is 613 g/mol. The summed E-state index contributed by atoms with van der Waals surface area (Å²) in [5.74, 6) is -0.881. The van der Waals surface area contributed by atoms with E-state index in [9.17, 15) is 14.4 Å². The van der Waals surface area contributed by atoms with Crippen LogP contribution in [0.4, 0.5) is 14.9 Å². The Labute approximate surface area is 280 Å². The summed E-state index contributed by atoms with van der Waals surface area (Å²) in [6, 6.07) is 13.6. The number of benzene rings is 2. The van der Waals surface area contributed by atoms with Crippen molar-refractivity contribution in [1.29, 1.82) is 0 Å². The lowest BCUT2D eigenvalue weighted by atomic mass is 9.87. The van der Waals surface area contributed by atoms with Crippen LogP contribution in [0.2, 0.25) is 0 Å². The number of hydrogen-bond acceptors (Lipinski definition) is 6. The molecule has 2 aliphatic heterocycles. The van der Waals surface area contributed by atoms with Crippen LogP contribution < -0.4 is 10.2 Å². The molecule has 2 fully saturated rings. The first kappa shape index (κ1) is 33.0. The normalized spacial score (nSPS) is 17.1. The Kier molecular flexibility index (Phi) is 9.43. The maximum atomic E-state index is 16.4. The minimum atomic E-state index is -0.537. The van der Waals surface area contributed by atoms with E-state index in [1.165, 1.54) is 0 Å². The number of hydrogen-bond donors (Lipinski definition) is 2. The van der Waals surface area contributed by atoms with Gasteiger partial charge in [-0.15, -0.1) is 0 Å². The number of halogens is 1. The van der Waals surface area contributed by atoms with Crippen LogP contribution in [0.3, 0.4) is 0 Å². The fourth-order valence-electron chi connectivity index (χ4n) is 6.66. The fourth-order valence-corrected chi connectivity index (χ4v) is 6.66. The number of aromatic amines is 1. The van der Waals surface area contributed by atoms with E-state index in [0.717, 1.165) is 29.7 Å². The van der Waals surface area contributed by atoms with Gasteiger partial charge in [-0.1, -0.05) is 12.1 Å². The molecule has 1 atom stereocenters. The average molecular weight is 658 g/mol. The number of ether oxygens (including phenoxy) is 1. The minimum absolute atomic E-state index is 0.0289. The van der Waals surface area contributed by atoms with Crippen LogP contribution in [0, 0.1) is 5.82 Å². The maximum absolute atomic E-state index is 16.4. The molecule has 2 aliphatic rings. The van der Waals surface area contributed by atoms with Crippen LogP contribution in [-0.4, -0.2) is 94.4 Å². The van der Waals surface area contributed by atoms with Gasteiger partial charge in [0.1, 0.15) is 11.3 Å². The van der Waals surface area contributed by atoms with Gasteiger partial charge in [-0.2, -0.15) is 5.10 Å². The zero-order valence-electron chi connectivity index (χ0n) is 28.1. The number of aryl methyl sites for hydroxylation is 1. The molecule has 0 aliphatic carbocycles. The summed E-state index contributed by atoms with van der Waals surface area (Å²) < 4.78 is 23.6. The highest BCUT2D eigenvalue weighted by Crippen LogP contribution is 2.39. The maximum Gasteiger partial charge on any atom is 0.410 e. The van der Waals surface area contributed by atoms with Gasteiger partial charge in [-0.3, -0.25) is 14.3 Å². The first-order chi connectivity index (χ1) is 23.0. The molecule has 2 N–H and O–H groups in total. The summed E-state index contributed by atoms with van der Waals surface area (Å²) in [4.78, 5) is 47.1. The molecule has 0 unspecified atom stereocenters. The van der Waals surface area contributed by atoms with Gasteiger partial charge >= 0.3 is 6.09 Å². The molecule has 3 amide bonds. The van der Waals surface area contributed by atoms with Gasteiger partial charge in [-0.25, -0.2) is 9.18 Å². The molecule has 11 nitrogen and oxygen atoms in total. The highest BCUT2D eigenvalue weighted by molar-refractivity contribution is 6.03. The molecule has 0 saturated carbocycles. The van der Waals surface area contributed by atoms with E-state index in [4.69, 9.17) is 4.74 Å². The number of carbonyl (C=O) groups excluding carboxylic acids is 3. The molecule has 48 heavy (non-hydrogen) atoms. The first-order valence-corrected chi connectivity index (χ1v) is 16.7. The number of rotatable bonds is 7. The van der Waals surface area contributed by atoms with Gasteiger partial charge in [0.25, 0.3) is 5.91 Å². The molecule has 12 heteroatoms. The van der Waals surface area contributed by atoms with Crippen LogP contribution >= 0.6 is 0 Å². The van der Waals surface area contributed by atoms with Crippen molar-refractivity contribution in [3.8, 4) is 11.1 Å². The van der Waals surface area contributed by atoms with Crippen molar-refractivity contribution in [1.82, 2.24) is 29.9 Å². The smallest absolute Gasteiger partial charge is 0.410 e. The molecule has 4 heterocycles. The Balaban J connectivity index is 1.24. The number of fused-ring (bicyclic) bond motifs is 1. The number of piperidine rings is 1. The van der Waals surface area contributed by atoms with Crippen LogP contribution in [0.25, 0.3) is 22.0 Å². The third-order valence-corrected chi connectivity index (χ3v) is 9.16. The summed E-state index contributed by atoms with van der Waals surface area (Å²) in [7, 11) is 1.54. The lowest BCUT2D eigenvalue weighted by Crippen LogP contribution is -2.50. The Morgan fingerprint density at radius 2 is 1.79 bits per heavy atom. The predicted octanol–water partition coefficient (Wildman–Crippen LogP) is 5.38. The van der Waals surface area contributed by atoms with E-state index in [1.807, 2.05) is 68.3 Å². The Morgan fingerprint density at radius 1 is 1.04 bits per heavy atom. The zero-order valence-corrected chi connectivity index (χ0v) is 28.1. The lowest BCUT2D eigenvalue weighted by Gasteiger charge is -2.36. The number of nitrogens with one attached hydrogen (secondary N) is 2. The topological polar surface area (TPSA) is 116 Å². The summed E-state index contributed by atoms with van der Waals surface area (Å²) in [5.41, 5.74) is 3.30. The molecule has 2 saturated heterocycles. The van der Waals surface area contributed by atoms with Gasteiger partial charge in [0.2, 0.25) is 5.91 Å². The van der Waals surface area contributed by atoms with E-state index < -0.39 is 5.60 Å². The van der Waals surface area contributed by atoms with Crippen molar-refractivity contribution in [2.45, 2.75) is 58.1 Å². The van der Waals surface area contributed by atoms with Gasteiger partial charge in [-0.05, 0) is 80.6 Å². The van der Waals surface area contributed by atoms with E-state index >= 15 is 4.39 Å². The van der Waals surface area contributed by atoms with Crippen molar-refractivity contribution in [3.63, 3.8) is 0 Å². The predicted molar refractivity (Wildman–Crippen MR) is 183 cm³/mol. The van der Waals surface area contributed by atoms with Gasteiger partial charge in [0.05, 0.1) is 5.52 Å². The molecule has 0 radical (unpaired) electrons. The van der Waals surface area contributed by atoms with E-state index in [-0.39, 0.29) is 40.9 Å². The van der Waals surface area contributed by atoms with Crippen molar-refractivity contribution in [2.24, 2.45) is 0 Å². The number of nitrogens with zero attached hydrogens (tertiary/aromatic N) is 5. The highest BCUT2D eigenvalue weighted by Gasteiger charge is 2.30. The number of likely N-dealkylation sites (tertiary alicyclic amines) is 1. The second-order valence-electron chi connectivity index (χ2n) is 13.6. The van der Waals surface area contributed by atoms with Crippen LogP contribution in [0.1, 0.15) is 62.0 Å². The average Bonchev–Trinajstić information content (AvgIpc) is 3.78. The second kappa shape index (κ2) is 13.7. The van der Waals surface area contributed by atoms with Crippen LogP contribution in [-0.2, 0) is 16.1 Å². The lowest BCUT2D eigenvalue weighted by molar-refractivity contribution is -0.132. The molecule has 2 aromatic heterocycles. The van der Waals surface area contributed by atoms with Crippen molar-refractivity contribution >= 4 is 34.5 Å². The third kappa shape index (κ3) is 7.17. The molecule has 2 aromatic carbocycles. The zero-order chi connectivity index (χ0) is 34.0. The van der Waals surface area contributed by atoms with Gasteiger partial charge < -0.3 is 29.7 Å². The number of anilines is 1. The molecule has 6 rings (SSSR count). The van der Waals surface area contributed by atoms with Crippen molar-refractivity contribution in [2.75, 3.05) is 51.2 Å². The first-order valence-electron chi connectivity index (χ1n) is 16.7. The highest BCUT2D eigenvalue weighted by atomic mass is 19.1. The van der Waals surface area contributed by atoms with Crippen LogP contribution in [0.5, 0.6) is 0 Å². The third-order valence-electron chi connectivity index (χ3n) is 9.16. The van der Waals surface area contributed by atoms with Crippen molar-refractivity contribution < 1.29 is 23.5 Å². The minimum Gasteiger partial charge on any atom is -0.444 e. The van der Waals surface area contributed by atoms with E-state index in [1.54, 1.807) is 28.9 Å². The second-order valence-corrected chi connectivity index (χ2v) is 13.6. The molecule has 254 valence electrons. The summed E-state index contributed by atoms with van der Waals surface area (Å²) in [6.07, 6.45) is 5.08. The Morgan fingerprint density at radius 3 is 2.46 bits per heavy atom. The largest absolute Gasteiger partial charge is 0.444 e. The Bertz CT molecular complexity index is 1770. The monoisotopic (exact) mass is 657 g/mol. The number of piperazine rings is 1. The summed E-state index contributed by atoms with van der Waals surface area (Å²) in [6.45, 7) is 9.64. The standard InChI is InChI=1S/C36H44FN7O4/c1-36(2,3)48-35(47)42-19-17-41(18-20-42)26-10-8-24(9-11-26)27-21-28(32(37)33-29(27)22-30(40-33)34(46)38-4)25-7-5-14-43(23-25)31(45)12-16-44-15-6-13-39-44/h6,8-11,13,15,21-22,25,40H,5,7,12,14,16-20,23H2,1-4H3,(H,38,46)/t25-/m0/s1. The molecular formula is C36H44FN7O4. The van der Waals surface area contributed by atoms with E-state index in [0.29, 0.717) is 63.2 Å². The van der Waals surface area contributed by atoms with E-state index in [2.05, 4.69) is 20.3 Å². The fraction of sp³-hybridized carbons (Fsp3) is 0.444. The molecule has 0 spiro atoms. The Hall–Kier alpha value is -4.87. The quantitative estimate of drug-likeness (QED) is 0.276. The van der Waals surface area contributed by atoms with Gasteiger partial charge in [0.15, 0.2) is 5.82 Å². The van der Waals surface area contributed by atoms with Crippen LogP contribution in [0.15, 0.2) is 54.9 Å². The van der Waals surface area contributed by atoms with Crippen molar-refractivity contribution in [3.05, 3.63) is 71.9 Å². The number of H-pyrrole nitrogens is 1. The number of aromatic nitrogens is 3. The summed E-state index contributed by atoms with van der Waals surface area (Å²) in [5, 5.41) is 7.43. The molecule has 4 aromatic rings. The number of carbonyl (C=O) groups is 3.